The van der Waals surface area contributed by atoms with Gasteiger partial charge in [-0.05, 0) is 48.0 Å². The van der Waals surface area contributed by atoms with E-state index in [2.05, 4.69) is 30.8 Å². The lowest BCUT2D eigenvalue weighted by molar-refractivity contribution is -0.274. The summed E-state index contributed by atoms with van der Waals surface area (Å²) >= 11 is 9.32. The summed E-state index contributed by atoms with van der Waals surface area (Å²) in [6.07, 6.45) is -3.44. The quantitative estimate of drug-likeness (QED) is 0.297. The van der Waals surface area contributed by atoms with Gasteiger partial charge in [-0.15, -0.1) is 13.2 Å². The molecular weight excluding hydrogens is 511 g/mol. The number of benzene rings is 3. The Hall–Kier alpha value is -3.17. The van der Waals surface area contributed by atoms with Crippen LogP contribution in [0.2, 0.25) is 5.02 Å². The van der Waals surface area contributed by atoms with Crippen molar-refractivity contribution < 1.29 is 17.9 Å². The van der Waals surface area contributed by atoms with Gasteiger partial charge in [0.05, 0.1) is 17.1 Å². The smallest absolute Gasteiger partial charge is 0.406 e. The normalized spacial score (nSPS) is 11.9. The van der Waals surface area contributed by atoms with Crippen molar-refractivity contribution in [3.05, 3.63) is 92.1 Å². The minimum absolute atomic E-state index is 0.0516. The molecule has 0 N–H and O–H groups in total. The van der Waals surface area contributed by atoms with Crippen LogP contribution < -0.4 is 10.3 Å². The van der Waals surface area contributed by atoms with Crippen LogP contribution in [-0.2, 0) is 0 Å². The Labute approximate surface area is 192 Å². The van der Waals surface area contributed by atoms with Gasteiger partial charge in [0.2, 0.25) is 0 Å². The van der Waals surface area contributed by atoms with E-state index in [9.17, 15) is 18.0 Å². The van der Waals surface area contributed by atoms with E-state index in [1.54, 1.807) is 42.5 Å². The van der Waals surface area contributed by atoms with Crippen molar-refractivity contribution in [1.82, 2.24) is 9.66 Å². The summed E-state index contributed by atoms with van der Waals surface area (Å²) in [6.45, 7) is 0. The van der Waals surface area contributed by atoms with Crippen LogP contribution in [0, 0.1) is 0 Å². The molecule has 0 fully saturated rings. The Bertz CT molecular complexity index is 1400. The highest BCUT2D eigenvalue weighted by molar-refractivity contribution is 9.10. The number of alkyl halides is 3. The summed E-state index contributed by atoms with van der Waals surface area (Å²) in [5.41, 5.74) is 0.715. The van der Waals surface area contributed by atoms with Crippen molar-refractivity contribution >= 4 is 44.6 Å². The van der Waals surface area contributed by atoms with Gasteiger partial charge in [0.1, 0.15) is 5.75 Å². The number of hydrogen-bond donors (Lipinski definition) is 0. The SMILES string of the molecule is O=c1c2cc(Br)ccc2nc(-c2cccc(OC(F)(F)F)c2)n1N=Cc1cccc(Cl)c1. The van der Waals surface area contributed by atoms with E-state index in [1.807, 2.05) is 0 Å². The third kappa shape index (κ3) is 5.00. The number of fused-ring (bicyclic) bond motifs is 1. The molecule has 0 aliphatic heterocycles. The maximum absolute atomic E-state index is 13.2. The van der Waals surface area contributed by atoms with E-state index in [0.29, 0.717) is 20.6 Å². The summed E-state index contributed by atoms with van der Waals surface area (Å²) in [7, 11) is 0. The monoisotopic (exact) mass is 521 g/mol. The molecule has 4 rings (SSSR count). The number of aromatic nitrogens is 2. The van der Waals surface area contributed by atoms with Gasteiger partial charge in [0.15, 0.2) is 5.82 Å². The van der Waals surface area contributed by atoms with Crippen molar-refractivity contribution in [2.75, 3.05) is 0 Å². The van der Waals surface area contributed by atoms with E-state index in [0.717, 1.165) is 16.8 Å². The second-order valence-electron chi connectivity index (χ2n) is 6.59. The second-order valence-corrected chi connectivity index (χ2v) is 7.94. The van der Waals surface area contributed by atoms with Crippen molar-refractivity contribution in [2.24, 2.45) is 5.10 Å². The van der Waals surface area contributed by atoms with Crippen LogP contribution in [0.25, 0.3) is 22.3 Å². The Morgan fingerprint density at radius 1 is 1.06 bits per heavy atom. The average Bonchev–Trinajstić information content (AvgIpc) is 2.72. The first-order valence-corrected chi connectivity index (χ1v) is 10.3. The van der Waals surface area contributed by atoms with Gasteiger partial charge in [-0.2, -0.15) is 9.78 Å². The van der Waals surface area contributed by atoms with E-state index in [1.165, 1.54) is 18.3 Å². The Kier molecular flexibility index (Phi) is 6.03. The molecule has 4 aromatic rings. The largest absolute Gasteiger partial charge is 0.573 e. The van der Waals surface area contributed by atoms with E-state index >= 15 is 0 Å². The molecule has 0 unspecified atom stereocenters. The zero-order chi connectivity index (χ0) is 22.9. The molecule has 0 radical (unpaired) electrons. The second kappa shape index (κ2) is 8.76. The average molecular weight is 523 g/mol. The highest BCUT2D eigenvalue weighted by Crippen LogP contribution is 2.28. The van der Waals surface area contributed by atoms with Crippen molar-refractivity contribution in [2.45, 2.75) is 6.36 Å². The fourth-order valence-corrected chi connectivity index (χ4v) is 3.55. The van der Waals surface area contributed by atoms with Gasteiger partial charge in [-0.3, -0.25) is 4.79 Å². The number of nitrogens with zero attached hydrogens (tertiary/aromatic N) is 3. The maximum atomic E-state index is 13.2. The molecule has 0 amide bonds. The van der Waals surface area contributed by atoms with Crippen molar-refractivity contribution in [3.8, 4) is 17.1 Å². The molecular formula is C22H12BrClF3N3O2. The Morgan fingerprint density at radius 2 is 1.84 bits per heavy atom. The first-order chi connectivity index (χ1) is 15.2. The van der Waals surface area contributed by atoms with Crippen molar-refractivity contribution in [3.63, 3.8) is 0 Å². The maximum Gasteiger partial charge on any atom is 0.573 e. The molecule has 3 aromatic carbocycles. The molecule has 0 aliphatic carbocycles. The predicted molar refractivity (Wildman–Crippen MR) is 120 cm³/mol. The van der Waals surface area contributed by atoms with Gasteiger partial charge >= 0.3 is 6.36 Å². The molecule has 5 nitrogen and oxygen atoms in total. The summed E-state index contributed by atoms with van der Waals surface area (Å²) in [5, 5.41) is 5.03. The topological polar surface area (TPSA) is 56.5 Å². The molecule has 1 heterocycles. The van der Waals surface area contributed by atoms with E-state index < -0.39 is 17.7 Å². The van der Waals surface area contributed by atoms with Gasteiger partial charge in [-0.25, -0.2) is 4.98 Å². The number of rotatable bonds is 4. The van der Waals surface area contributed by atoms with Gasteiger partial charge in [-0.1, -0.05) is 51.8 Å². The predicted octanol–water partition coefficient (Wildman–Crippen LogP) is 6.26. The molecule has 0 atom stereocenters. The number of halogens is 5. The summed E-state index contributed by atoms with van der Waals surface area (Å²) in [5.74, 6) is -0.388. The van der Waals surface area contributed by atoms with Gasteiger partial charge in [0.25, 0.3) is 5.56 Å². The highest BCUT2D eigenvalue weighted by atomic mass is 79.9. The molecule has 32 heavy (non-hydrogen) atoms. The molecule has 10 heteroatoms. The molecule has 0 aliphatic rings. The van der Waals surface area contributed by atoms with Crippen LogP contribution in [0.15, 0.2) is 81.1 Å². The molecule has 0 spiro atoms. The summed E-state index contributed by atoms with van der Waals surface area (Å²) < 4.78 is 43.7. The lowest BCUT2D eigenvalue weighted by Gasteiger charge is -2.12. The van der Waals surface area contributed by atoms with Gasteiger partial charge < -0.3 is 4.74 Å². The number of hydrogen-bond acceptors (Lipinski definition) is 4. The van der Waals surface area contributed by atoms with Crippen LogP contribution >= 0.6 is 27.5 Å². The fourth-order valence-electron chi connectivity index (χ4n) is 2.99. The van der Waals surface area contributed by atoms with Crippen LogP contribution in [0.3, 0.4) is 0 Å². The summed E-state index contributed by atoms with van der Waals surface area (Å²) in [4.78, 5) is 17.7. The van der Waals surface area contributed by atoms with Crippen LogP contribution in [0.4, 0.5) is 13.2 Å². The molecule has 0 saturated heterocycles. The first kappa shape index (κ1) is 22.0. The standard InChI is InChI=1S/C22H12BrClF3N3O2/c23-15-7-8-19-18(11-15)21(31)30(28-12-13-3-1-5-16(24)9-13)20(29-19)14-4-2-6-17(10-14)32-22(25,26)27/h1-12H. The minimum atomic E-state index is -4.86. The third-order valence-corrected chi connectivity index (χ3v) is 5.03. The lowest BCUT2D eigenvalue weighted by atomic mass is 10.2. The van der Waals surface area contributed by atoms with Gasteiger partial charge in [0, 0.05) is 15.1 Å². The van der Waals surface area contributed by atoms with Crippen molar-refractivity contribution in [1.29, 1.82) is 0 Å². The lowest BCUT2D eigenvalue weighted by Crippen LogP contribution is -2.20. The van der Waals surface area contributed by atoms with Crippen LogP contribution in [0.5, 0.6) is 5.75 Å². The van der Waals surface area contributed by atoms with Crippen LogP contribution in [-0.4, -0.2) is 22.2 Å². The van der Waals surface area contributed by atoms with Crippen LogP contribution in [0.1, 0.15) is 5.56 Å². The zero-order valence-electron chi connectivity index (χ0n) is 16.0. The Morgan fingerprint density at radius 3 is 2.59 bits per heavy atom. The van der Waals surface area contributed by atoms with E-state index in [-0.39, 0.29) is 16.8 Å². The molecule has 0 bridgehead atoms. The fraction of sp³-hybridized carbons (Fsp3) is 0.0455. The molecule has 1 aromatic heterocycles. The van der Waals surface area contributed by atoms with E-state index in [4.69, 9.17) is 11.6 Å². The minimum Gasteiger partial charge on any atom is -0.406 e. The third-order valence-electron chi connectivity index (χ3n) is 4.31. The summed E-state index contributed by atoms with van der Waals surface area (Å²) in [6, 6.07) is 16.9. The molecule has 162 valence electrons. The Balaban J connectivity index is 1.91. The first-order valence-electron chi connectivity index (χ1n) is 9.08. The highest BCUT2D eigenvalue weighted by Gasteiger charge is 2.31. The molecule has 0 saturated carbocycles. The number of ether oxygens (including phenoxy) is 1. The zero-order valence-corrected chi connectivity index (χ0v) is 18.3.